The van der Waals surface area contributed by atoms with Crippen LogP contribution in [0.2, 0.25) is 5.28 Å². The number of rotatable bonds is 16. The second kappa shape index (κ2) is 37.0. The van der Waals surface area contributed by atoms with Gasteiger partial charge in [0.05, 0.1) is 88.2 Å². The maximum Gasteiger partial charge on any atom is 0.490 e. The second-order valence-corrected chi connectivity index (χ2v) is 38.3. The van der Waals surface area contributed by atoms with Gasteiger partial charge in [0.2, 0.25) is 17.2 Å². The first-order chi connectivity index (χ1) is 54.2. The molecule has 8 heterocycles. The Hall–Kier alpha value is -9.80. The van der Waals surface area contributed by atoms with Crippen LogP contribution in [0.1, 0.15) is 69.4 Å². The highest BCUT2D eigenvalue weighted by Crippen LogP contribution is 2.42. The minimum absolute atomic E-state index is 0.00463. The van der Waals surface area contributed by atoms with Crippen LogP contribution in [0.5, 0.6) is 11.5 Å². The summed E-state index contributed by atoms with van der Waals surface area (Å²) >= 11 is 10.2. The van der Waals surface area contributed by atoms with Gasteiger partial charge in [-0.3, -0.25) is 0 Å². The van der Waals surface area contributed by atoms with Gasteiger partial charge in [-0.05, 0) is 143 Å². The molecule has 0 saturated carbocycles. The number of halogens is 4. The molecule has 2 saturated heterocycles. The number of aromatic nitrogens is 6. The number of sulfone groups is 4. The van der Waals surface area contributed by atoms with Crippen LogP contribution < -0.4 is 30.9 Å². The molecule has 26 nitrogen and oxygen atoms in total. The Morgan fingerprint density at radius 1 is 0.530 bits per heavy atom. The van der Waals surface area contributed by atoms with Crippen LogP contribution in [-0.2, 0) is 48.9 Å². The van der Waals surface area contributed by atoms with E-state index in [-0.39, 0.29) is 36.4 Å². The molecule has 12 aromatic rings. The van der Waals surface area contributed by atoms with Gasteiger partial charge in [-0.15, -0.1) is 34.0 Å². The number of hydrogen-bond acceptors (Lipinski definition) is 27. The summed E-state index contributed by atoms with van der Waals surface area (Å²) in [7, 11) is -12.0. The first kappa shape index (κ1) is 87.6. The van der Waals surface area contributed by atoms with Crippen molar-refractivity contribution in [3.63, 3.8) is 0 Å². The van der Waals surface area contributed by atoms with Crippen molar-refractivity contribution in [1.29, 1.82) is 0 Å². The number of nitrogens with zero attached hydrogens (tertiary/aromatic N) is 7. The summed E-state index contributed by atoms with van der Waals surface area (Å²) in [6, 6.07) is 38.9. The molecule has 0 radical (unpaired) electrons. The maximum absolute atomic E-state index is 12.4. The van der Waals surface area contributed by atoms with E-state index in [0.29, 0.717) is 75.8 Å². The highest BCUT2D eigenvalue weighted by atomic mass is 35.5. The number of carbonyl (C=O) groups is 2. The van der Waals surface area contributed by atoms with Crippen LogP contribution >= 0.6 is 45.6 Å². The van der Waals surface area contributed by atoms with Gasteiger partial charge < -0.3 is 50.2 Å². The number of fused-ring (bicyclic) bond motifs is 3. The van der Waals surface area contributed by atoms with Crippen molar-refractivity contribution < 1.29 is 85.8 Å². The van der Waals surface area contributed by atoms with Gasteiger partial charge in [0.25, 0.3) is 0 Å². The SMILES string of the molecule is COc1cc(C2CCN(C(=O)OC(C)(C)C)CC2)ccc1Nc1ncc2scc(-c3ccccc3S(C)(=O)=O)c2n1.COc1cc(C2CCNCC2)ccc1Nc1ncc2scc(-c3ccccc3S(C)(=O)=O)c2n1.CS(=O)(=O)c1ccccc1-c1csc2cnc(Cl)nc12.CS(=O)(=O)c1ccccc1B(O)O.O=C(O)C(F)(F)F. The topological polar surface area (TPSA) is 376 Å². The molecule has 2 aliphatic rings. The molecule has 2 fully saturated rings. The van der Waals surface area contributed by atoms with Crippen LogP contribution in [0.3, 0.4) is 0 Å². The van der Waals surface area contributed by atoms with Gasteiger partial charge in [-0.25, -0.2) is 73.2 Å². The predicted molar refractivity (Wildman–Crippen MR) is 443 cm³/mol. The molecule has 6 aromatic heterocycles. The highest BCUT2D eigenvalue weighted by Gasteiger charge is 2.38. The summed E-state index contributed by atoms with van der Waals surface area (Å²) in [5.74, 6) is 0.282. The summed E-state index contributed by atoms with van der Waals surface area (Å²) in [6.07, 6.45) is 8.35. The molecule has 1 amide bonds. The monoisotopic (exact) mass is 1730 g/mol. The molecule has 115 heavy (non-hydrogen) atoms. The van der Waals surface area contributed by atoms with E-state index in [0.717, 1.165) is 98.5 Å². The van der Waals surface area contributed by atoms with E-state index in [4.69, 9.17) is 55.7 Å². The standard InChI is InChI=1S/C30H34N4O5S2.C25H26N4O3S2.C13H9ClN2O2S2.C7H9BO4S.C2HF3O2/c1-30(2,3)39-29(35)34-14-12-19(13-15-34)20-10-11-23(24(16-20)38-4)32-28-31-17-25-27(33-28)22(18-40-25)21-8-6-7-9-26(21)41(5,36)37;1-32-21-13-17(16-9-11-26-12-10-16)7-8-20(21)28-25-27-14-22-24(29-25)19(15-33-22)18-5-3-4-6-23(18)34(2,30)31;1-20(17,18)11-5-3-2-4-8(11)9-7-19-10-6-15-13(14)16-12(9)10;1-13(11,12)7-5-3-2-4-6(7)8(9)10;3-2(4,5)1(6)7/h6-11,16-19H,12-15H2,1-5H3,(H,31,32,33);3-8,13-16,26H,9-12H2,1-2H3,(H,27,28,29);2-7H,1H3;2-5,9-10H,1H3;(H,6,7). The molecule has 6 aromatic carbocycles. The minimum atomic E-state index is -5.08. The lowest BCUT2D eigenvalue weighted by atomic mass is 9.80. The number of thiophene rings is 3. The average Bonchev–Trinajstić information content (AvgIpc) is 1.67. The number of aliphatic carboxylic acids is 1. The zero-order valence-corrected chi connectivity index (χ0v) is 69.7. The number of methoxy groups -OCH3 is 2. The fraction of sp³-hybridized carbons (Fsp3) is 0.273. The number of piperidine rings is 2. The number of alkyl halides is 3. The van der Waals surface area contributed by atoms with Gasteiger partial charge >= 0.3 is 25.4 Å². The van der Waals surface area contributed by atoms with Crippen LogP contribution in [-0.4, -0.2) is 180 Å². The van der Waals surface area contributed by atoms with E-state index < -0.39 is 64.2 Å². The van der Waals surface area contributed by atoms with Crippen LogP contribution in [0.25, 0.3) is 64.0 Å². The van der Waals surface area contributed by atoms with Gasteiger partial charge in [0, 0.05) is 99.3 Å². The number of likely N-dealkylation sites (tertiary alicyclic amines) is 1. The first-order valence-electron chi connectivity index (χ1n) is 35.0. The van der Waals surface area contributed by atoms with Crippen molar-refractivity contribution in [3.8, 4) is 44.9 Å². The molecular formula is C77H79BClF3N10O16S7. The molecule has 0 unspecified atom stereocenters. The first-order valence-corrected chi connectivity index (χ1v) is 45.6. The van der Waals surface area contributed by atoms with E-state index in [1.807, 2.05) is 73.3 Å². The Morgan fingerprint density at radius 2 is 0.887 bits per heavy atom. The number of ether oxygens (including phenoxy) is 3. The van der Waals surface area contributed by atoms with E-state index in [2.05, 4.69) is 54.1 Å². The van der Waals surface area contributed by atoms with E-state index in [1.165, 1.54) is 76.5 Å². The zero-order chi connectivity index (χ0) is 83.5. The normalized spacial score (nSPS) is 13.7. The lowest BCUT2D eigenvalue weighted by Crippen LogP contribution is -2.41. The summed E-state index contributed by atoms with van der Waals surface area (Å²) in [6.45, 7) is 8.97. The number of benzene rings is 6. The Morgan fingerprint density at radius 3 is 1.24 bits per heavy atom. The minimum Gasteiger partial charge on any atom is -0.495 e. The molecule has 0 atom stereocenters. The maximum atomic E-state index is 12.4. The largest absolute Gasteiger partial charge is 0.495 e. The predicted octanol–water partition coefficient (Wildman–Crippen LogP) is 14.4. The smallest absolute Gasteiger partial charge is 0.490 e. The molecule has 38 heteroatoms. The Kier molecular flexibility index (Phi) is 28.2. The van der Waals surface area contributed by atoms with Gasteiger partial charge in [0.1, 0.15) is 17.1 Å². The molecule has 0 bridgehead atoms. The Balaban J connectivity index is 0.000000168. The molecule has 2 aliphatic heterocycles. The van der Waals surface area contributed by atoms with Crippen LogP contribution in [0.15, 0.2) is 188 Å². The fourth-order valence-corrected chi connectivity index (χ4v) is 18.8. The third kappa shape index (κ3) is 22.7. The number of nitrogens with one attached hydrogen (secondary N) is 3. The lowest BCUT2D eigenvalue weighted by Gasteiger charge is -2.33. The van der Waals surface area contributed by atoms with Crippen molar-refractivity contribution in [2.24, 2.45) is 0 Å². The average molecular weight is 1730 g/mol. The molecular weight excluding hydrogens is 1650 g/mol. The number of carboxylic acids is 1. The number of hydrogen-bond donors (Lipinski definition) is 6. The molecule has 606 valence electrons. The van der Waals surface area contributed by atoms with Gasteiger partial charge in [-0.2, -0.15) is 13.2 Å². The van der Waals surface area contributed by atoms with E-state index in [9.17, 15) is 51.6 Å². The second-order valence-electron chi connectivity index (χ2n) is 27.3. The van der Waals surface area contributed by atoms with Crippen molar-refractivity contribution in [3.05, 3.63) is 185 Å². The quantitative estimate of drug-likeness (QED) is 0.0386. The molecule has 0 spiro atoms. The van der Waals surface area contributed by atoms with Crippen LogP contribution in [0, 0.1) is 0 Å². The van der Waals surface area contributed by atoms with Gasteiger partial charge in [0.15, 0.2) is 39.3 Å². The Labute approximate surface area is 679 Å². The zero-order valence-electron chi connectivity index (χ0n) is 63.2. The van der Waals surface area contributed by atoms with Crippen molar-refractivity contribution in [1.82, 2.24) is 40.1 Å². The molecule has 0 aliphatic carbocycles. The summed E-state index contributed by atoms with van der Waals surface area (Å²) < 4.78 is 147. The van der Waals surface area contributed by atoms with Crippen molar-refractivity contribution in [2.75, 3.05) is 76.1 Å². The fourth-order valence-electron chi connectivity index (χ4n) is 12.5. The van der Waals surface area contributed by atoms with Crippen LogP contribution in [0.4, 0.5) is 41.2 Å². The van der Waals surface area contributed by atoms with Gasteiger partial charge in [-0.1, -0.05) is 84.9 Å². The summed E-state index contributed by atoms with van der Waals surface area (Å²) in [4.78, 5) is 50.5. The molecule has 6 N–H and O–H groups in total. The highest BCUT2D eigenvalue weighted by molar-refractivity contribution is 7.91. The van der Waals surface area contributed by atoms with Crippen molar-refractivity contribution in [2.45, 2.75) is 89.6 Å². The number of amides is 1. The van der Waals surface area contributed by atoms with E-state index >= 15 is 0 Å². The summed E-state index contributed by atoms with van der Waals surface area (Å²) in [5.41, 5.74) is 9.66. The Bertz CT molecular complexity index is 6020. The number of anilines is 4. The third-order valence-corrected chi connectivity index (χ3v) is 25.4. The number of carbonyl (C=O) groups excluding carboxylic acids is 1. The third-order valence-electron chi connectivity index (χ3n) is 17.9. The van der Waals surface area contributed by atoms with Crippen molar-refractivity contribution >= 4 is 164 Å². The molecule has 14 rings (SSSR count). The lowest BCUT2D eigenvalue weighted by molar-refractivity contribution is -0.192. The number of carboxylic acid groups (broad SMARTS) is 1. The summed E-state index contributed by atoms with van der Waals surface area (Å²) in [5, 5.41) is 40.7. The van der Waals surface area contributed by atoms with E-state index in [1.54, 1.807) is 98.4 Å².